The fourth-order valence-corrected chi connectivity index (χ4v) is 4.21. The van der Waals surface area contributed by atoms with E-state index in [1.165, 1.54) is 0 Å². The average Bonchev–Trinajstić information content (AvgIpc) is 2.81. The molecule has 2 aromatic carbocycles. The minimum Gasteiger partial charge on any atom is -0.455 e. The molecule has 0 aliphatic carbocycles. The molecule has 1 aliphatic rings. The molecule has 0 radical (unpaired) electrons. The van der Waals surface area contributed by atoms with Crippen molar-refractivity contribution >= 4 is 47.1 Å². The third kappa shape index (κ3) is 7.34. The minimum atomic E-state index is -0.422. The lowest BCUT2D eigenvalue weighted by molar-refractivity contribution is -0.154. The van der Waals surface area contributed by atoms with E-state index in [1.807, 2.05) is 30.3 Å². The summed E-state index contributed by atoms with van der Waals surface area (Å²) < 4.78 is 5.21. The van der Waals surface area contributed by atoms with E-state index >= 15 is 0 Å². The molecule has 174 valence electrons. The van der Waals surface area contributed by atoms with E-state index in [0.717, 1.165) is 11.1 Å². The maximum Gasteiger partial charge on any atom is 0.309 e. The molecular weight excluding hydrogens is 463 g/mol. The van der Waals surface area contributed by atoms with Crippen LogP contribution < -0.4 is 5.32 Å². The molecule has 1 heterocycles. The maximum atomic E-state index is 12.4. The van der Waals surface area contributed by atoms with Crippen LogP contribution in [0, 0.1) is 5.92 Å². The van der Waals surface area contributed by atoms with E-state index in [4.69, 9.17) is 27.9 Å². The fourth-order valence-electron chi connectivity index (χ4n) is 3.64. The van der Waals surface area contributed by atoms with Crippen LogP contribution in [-0.2, 0) is 19.1 Å². The van der Waals surface area contributed by atoms with Gasteiger partial charge in [-0.1, -0.05) is 59.6 Å². The highest BCUT2D eigenvalue weighted by Gasteiger charge is 2.28. The molecule has 8 heteroatoms. The number of ether oxygens (including phenoxy) is 1. The highest BCUT2D eigenvalue weighted by atomic mass is 35.5. The topological polar surface area (TPSA) is 75.7 Å². The molecule has 6 nitrogen and oxygen atoms in total. The summed E-state index contributed by atoms with van der Waals surface area (Å²) in [6, 6.07) is 14.3. The van der Waals surface area contributed by atoms with Crippen molar-refractivity contribution in [1.82, 2.24) is 10.2 Å². The standard InChI is InChI=1S/C25H26Cl2N2O4/c1-17(21-9-8-20(26)15-22(21)27)28-23(30)16-33-25(32)19-11-13-29(14-12-19)24(31)10-7-18-5-3-2-4-6-18/h2-10,15,17,19H,11-14,16H2,1H3,(H,28,30)/b10-7+. The summed E-state index contributed by atoms with van der Waals surface area (Å²) in [5, 5.41) is 3.72. The molecule has 0 aromatic heterocycles. The molecule has 3 rings (SSSR count). The number of esters is 1. The van der Waals surface area contributed by atoms with Gasteiger partial charge in [-0.05, 0) is 49.1 Å². The van der Waals surface area contributed by atoms with E-state index in [0.29, 0.717) is 36.0 Å². The number of amides is 2. The first-order chi connectivity index (χ1) is 15.8. The third-order valence-corrected chi connectivity index (χ3v) is 6.07. The van der Waals surface area contributed by atoms with Crippen molar-refractivity contribution in [3.8, 4) is 0 Å². The lowest BCUT2D eigenvalue weighted by Crippen LogP contribution is -2.40. The maximum absolute atomic E-state index is 12.4. The molecular formula is C25H26Cl2N2O4. The summed E-state index contributed by atoms with van der Waals surface area (Å²) in [5.74, 6) is -1.25. The Bertz CT molecular complexity index is 1020. The van der Waals surface area contributed by atoms with Crippen molar-refractivity contribution in [2.24, 2.45) is 5.92 Å². The van der Waals surface area contributed by atoms with Gasteiger partial charge in [-0.15, -0.1) is 0 Å². The van der Waals surface area contributed by atoms with Crippen molar-refractivity contribution in [3.05, 3.63) is 75.8 Å². The first-order valence-electron chi connectivity index (χ1n) is 10.8. The zero-order chi connectivity index (χ0) is 23.8. The predicted molar refractivity (Wildman–Crippen MR) is 129 cm³/mol. The largest absolute Gasteiger partial charge is 0.455 e. The van der Waals surface area contributed by atoms with Crippen LogP contribution in [0.5, 0.6) is 0 Å². The number of likely N-dealkylation sites (tertiary alicyclic amines) is 1. The molecule has 33 heavy (non-hydrogen) atoms. The molecule has 2 aromatic rings. The number of carbonyl (C=O) groups excluding carboxylic acids is 3. The quantitative estimate of drug-likeness (QED) is 0.453. The fraction of sp³-hybridized carbons (Fsp3) is 0.320. The number of benzene rings is 2. The Morgan fingerprint density at radius 2 is 1.82 bits per heavy atom. The third-order valence-electron chi connectivity index (χ3n) is 5.51. The van der Waals surface area contributed by atoms with Gasteiger partial charge >= 0.3 is 5.97 Å². The van der Waals surface area contributed by atoms with Gasteiger partial charge in [0.15, 0.2) is 6.61 Å². The number of hydrogen-bond acceptors (Lipinski definition) is 4. The Hall–Kier alpha value is -2.83. The molecule has 1 N–H and O–H groups in total. The monoisotopic (exact) mass is 488 g/mol. The van der Waals surface area contributed by atoms with Gasteiger partial charge < -0.3 is 15.0 Å². The minimum absolute atomic E-state index is 0.0834. The summed E-state index contributed by atoms with van der Waals surface area (Å²) in [6.45, 7) is 2.35. The number of carbonyl (C=O) groups is 3. The van der Waals surface area contributed by atoms with E-state index in [-0.39, 0.29) is 24.5 Å². The summed E-state index contributed by atoms with van der Waals surface area (Å²) >= 11 is 12.1. The summed E-state index contributed by atoms with van der Waals surface area (Å²) in [5.41, 5.74) is 1.68. The van der Waals surface area contributed by atoms with Gasteiger partial charge in [-0.3, -0.25) is 14.4 Å². The average molecular weight is 489 g/mol. The van der Waals surface area contributed by atoms with Crippen molar-refractivity contribution in [1.29, 1.82) is 0 Å². The summed E-state index contributed by atoms with van der Waals surface area (Å²) in [4.78, 5) is 38.7. The molecule has 2 amide bonds. The lowest BCUT2D eigenvalue weighted by atomic mass is 9.97. The van der Waals surface area contributed by atoms with E-state index in [2.05, 4.69) is 5.32 Å². The number of rotatable bonds is 7. The molecule has 1 atom stereocenters. The van der Waals surface area contributed by atoms with Crippen LogP contribution in [0.25, 0.3) is 6.08 Å². The van der Waals surface area contributed by atoms with Gasteiger partial charge in [0.05, 0.1) is 12.0 Å². The van der Waals surface area contributed by atoms with Crippen molar-refractivity contribution in [2.45, 2.75) is 25.8 Å². The van der Waals surface area contributed by atoms with Crippen LogP contribution in [0.15, 0.2) is 54.6 Å². The Morgan fingerprint density at radius 1 is 1.12 bits per heavy atom. The zero-order valence-electron chi connectivity index (χ0n) is 18.3. The number of halogens is 2. The number of nitrogens with zero attached hydrogens (tertiary/aromatic N) is 1. The van der Waals surface area contributed by atoms with Crippen LogP contribution in [0.1, 0.15) is 36.9 Å². The van der Waals surface area contributed by atoms with Gasteiger partial charge in [0.2, 0.25) is 5.91 Å². The first kappa shape index (κ1) is 24.8. The predicted octanol–water partition coefficient (Wildman–Crippen LogP) is 4.67. The van der Waals surface area contributed by atoms with E-state index in [9.17, 15) is 14.4 Å². The van der Waals surface area contributed by atoms with Gasteiger partial charge in [-0.2, -0.15) is 0 Å². The van der Waals surface area contributed by atoms with Crippen LogP contribution in [0.4, 0.5) is 0 Å². The Morgan fingerprint density at radius 3 is 2.48 bits per heavy atom. The second kappa shape index (κ2) is 11.9. The van der Waals surface area contributed by atoms with Gasteiger partial charge in [-0.25, -0.2) is 0 Å². The van der Waals surface area contributed by atoms with Crippen LogP contribution in [0.2, 0.25) is 10.0 Å². The number of nitrogens with one attached hydrogen (secondary N) is 1. The highest BCUT2D eigenvalue weighted by Crippen LogP contribution is 2.26. The van der Waals surface area contributed by atoms with Crippen LogP contribution in [0.3, 0.4) is 0 Å². The van der Waals surface area contributed by atoms with E-state index < -0.39 is 11.9 Å². The molecule has 0 saturated carbocycles. The Kier molecular flexibility index (Phi) is 8.92. The second-order valence-corrected chi connectivity index (χ2v) is 8.75. The number of hydrogen-bond donors (Lipinski definition) is 1. The molecule has 0 spiro atoms. The SMILES string of the molecule is CC(NC(=O)COC(=O)C1CCN(C(=O)/C=C/c2ccccc2)CC1)c1ccc(Cl)cc1Cl. The van der Waals surface area contributed by atoms with E-state index in [1.54, 1.807) is 42.2 Å². The molecule has 1 fully saturated rings. The van der Waals surface area contributed by atoms with Gasteiger partial charge in [0.25, 0.3) is 5.91 Å². The van der Waals surface area contributed by atoms with Crippen molar-refractivity contribution in [3.63, 3.8) is 0 Å². The molecule has 1 aliphatic heterocycles. The second-order valence-electron chi connectivity index (χ2n) is 7.91. The van der Waals surface area contributed by atoms with Crippen LogP contribution >= 0.6 is 23.2 Å². The van der Waals surface area contributed by atoms with Gasteiger partial charge in [0, 0.05) is 29.2 Å². The smallest absolute Gasteiger partial charge is 0.309 e. The zero-order valence-corrected chi connectivity index (χ0v) is 19.8. The lowest BCUT2D eigenvalue weighted by Gasteiger charge is -2.30. The Balaban J connectivity index is 1.40. The van der Waals surface area contributed by atoms with Crippen molar-refractivity contribution < 1.29 is 19.1 Å². The molecule has 1 unspecified atom stereocenters. The first-order valence-corrected chi connectivity index (χ1v) is 11.5. The van der Waals surface area contributed by atoms with Crippen LogP contribution in [-0.4, -0.2) is 42.4 Å². The highest BCUT2D eigenvalue weighted by molar-refractivity contribution is 6.35. The molecule has 0 bridgehead atoms. The molecule has 1 saturated heterocycles. The van der Waals surface area contributed by atoms with Crippen molar-refractivity contribution in [2.75, 3.05) is 19.7 Å². The number of piperidine rings is 1. The Labute approximate surface area is 203 Å². The summed E-state index contributed by atoms with van der Waals surface area (Å²) in [7, 11) is 0. The normalized spacial score (nSPS) is 15.3. The summed E-state index contributed by atoms with van der Waals surface area (Å²) in [6.07, 6.45) is 4.33. The van der Waals surface area contributed by atoms with Gasteiger partial charge in [0.1, 0.15) is 0 Å².